The number of hydrogen-bond donors (Lipinski definition) is 2. The second-order valence-corrected chi connectivity index (χ2v) is 2.74. The molecule has 2 N–H and O–H groups in total. The molecule has 0 bridgehead atoms. The zero-order valence-corrected chi connectivity index (χ0v) is 7.28. The normalized spacial score (nSPS) is 9.92. The molecule has 0 atom stereocenters. The van der Waals surface area contributed by atoms with E-state index in [0.29, 0.717) is 11.0 Å². The third-order valence-corrected chi connectivity index (χ3v) is 1.64. The minimum absolute atomic E-state index is 0.464. The van der Waals surface area contributed by atoms with E-state index in [-0.39, 0.29) is 0 Å². The van der Waals surface area contributed by atoms with Crippen molar-refractivity contribution in [3.8, 4) is 0 Å². The van der Waals surface area contributed by atoms with Crippen LogP contribution in [0.3, 0.4) is 0 Å². The Bertz CT molecular complexity index is 368. The van der Waals surface area contributed by atoms with E-state index < -0.39 is 0 Å². The van der Waals surface area contributed by atoms with Gasteiger partial charge in [-0.1, -0.05) is 11.6 Å². The summed E-state index contributed by atoms with van der Waals surface area (Å²) in [6.45, 7) is 0. The number of anilines is 2. The Morgan fingerprint density at radius 2 is 2.23 bits per heavy atom. The van der Waals surface area contributed by atoms with Gasteiger partial charge in [0, 0.05) is 0 Å². The van der Waals surface area contributed by atoms with Gasteiger partial charge in [0.2, 0.25) is 0 Å². The largest absolute Gasteiger partial charge is 0.336 e. The highest BCUT2D eigenvalue weighted by atomic mass is 35.5. The Kier molecular flexibility index (Phi) is 2.09. The van der Waals surface area contributed by atoms with Crippen molar-refractivity contribution in [1.29, 1.82) is 0 Å². The van der Waals surface area contributed by atoms with E-state index >= 15 is 0 Å². The molecule has 2 heterocycles. The molecule has 0 aromatic carbocycles. The van der Waals surface area contributed by atoms with Gasteiger partial charge in [-0.2, -0.15) is 10.3 Å². The molecule has 6 heteroatoms. The van der Waals surface area contributed by atoms with Crippen LogP contribution in [0.25, 0.3) is 0 Å². The van der Waals surface area contributed by atoms with Crippen molar-refractivity contribution in [2.45, 2.75) is 0 Å². The minimum atomic E-state index is 0.464. The molecule has 2 aromatic rings. The number of H-pyrrole nitrogens is 1. The van der Waals surface area contributed by atoms with Crippen LogP contribution in [0.1, 0.15) is 0 Å². The van der Waals surface area contributed by atoms with Gasteiger partial charge in [0.05, 0.1) is 18.1 Å². The van der Waals surface area contributed by atoms with E-state index in [1.807, 2.05) is 6.07 Å². The molecule has 66 valence electrons. The molecule has 13 heavy (non-hydrogen) atoms. The first-order valence-electron chi connectivity index (χ1n) is 3.59. The van der Waals surface area contributed by atoms with E-state index in [1.54, 1.807) is 18.5 Å². The van der Waals surface area contributed by atoms with Crippen molar-refractivity contribution in [1.82, 2.24) is 20.4 Å². The van der Waals surface area contributed by atoms with Crippen LogP contribution in [0.2, 0.25) is 5.15 Å². The lowest BCUT2D eigenvalue weighted by Crippen LogP contribution is -1.90. The number of aromatic nitrogens is 4. The number of nitrogens with zero attached hydrogens (tertiary/aromatic N) is 3. The van der Waals surface area contributed by atoms with Crippen LogP contribution >= 0.6 is 11.6 Å². The van der Waals surface area contributed by atoms with Crippen LogP contribution in [-0.2, 0) is 0 Å². The average Bonchev–Trinajstić information content (AvgIpc) is 2.62. The molecule has 0 amide bonds. The second kappa shape index (κ2) is 3.40. The number of pyridine rings is 1. The summed E-state index contributed by atoms with van der Waals surface area (Å²) in [4.78, 5) is 3.90. The van der Waals surface area contributed by atoms with Crippen molar-refractivity contribution >= 4 is 23.1 Å². The minimum Gasteiger partial charge on any atom is -0.336 e. The topological polar surface area (TPSA) is 66.5 Å². The molecule has 0 aliphatic carbocycles. The van der Waals surface area contributed by atoms with Crippen molar-refractivity contribution < 1.29 is 0 Å². The van der Waals surface area contributed by atoms with Gasteiger partial charge >= 0.3 is 0 Å². The first kappa shape index (κ1) is 8.00. The Morgan fingerprint density at radius 3 is 2.85 bits per heavy atom. The lowest BCUT2D eigenvalue weighted by molar-refractivity contribution is 0.942. The number of hydrogen-bond acceptors (Lipinski definition) is 4. The molecule has 0 unspecified atom stereocenters. The van der Waals surface area contributed by atoms with Crippen molar-refractivity contribution in [2.24, 2.45) is 0 Å². The highest BCUT2D eigenvalue weighted by Gasteiger charge is 1.96. The Morgan fingerprint density at radius 1 is 1.31 bits per heavy atom. The molecule has 0 spiro atoms. The van der Waals surface area contributed by atoms with Crippen LogP contribution in [-0.4, -0.2) is 20.4 Å². The summed E-state index contributed by atoms with van der Waals surface area (Å²) in [6, 6.07) is 3.51. The van der Waals surface area contributed by atoms with Crippen molar-refractivity contribution in [3.05, 3.63) is 29.7 Å². The summed E-state index contributed by atoms with van der Waals surface area (Å²) in [5.41, 5.74) is 0.818. The number of aromatic amines is 1. The first-order valence-corrected chi connectivity index (χ1v) is 3.97. The maximum atomic E-state index is 5.62. The van der Waals surface area contributed by atoms with E-state index in [2.05, 4.69) is 25.7 Å². The van der Waals surface area contributed by atoms with Crippen LogP contribution in [0.4, 0.5) is 11.5 Å². The summed E-state index contributed by atoms with van der Waals surface area (Å²) in [6.07, 6.45) is 3.20. The van der Waals surface area contributed by atoms with Gasteiger partial charge in [0.1, 0.15) is 5.15 Å². The number of halogens is 1. The third kappa shape index (κ3) is 1.94. The predicted octanol–water partition coefficient (Wildman–Crippen LogP) is 1.60. The van der Waals surface area contributed by atoms with E-state index in [1.165, 1.54) is 0 Å². The van der Waals surface area contributed by atoms with Crippen LogP contribution in [0, 0.1) is 0 Å². The van der Waals surface area contributed by atoms with Gasteiger partial charge in [-0.3, -0.25) is 0 Å². The highest BCUT2D eigenvalue weighted by Crippen LogP contribution is 2.13. The van der Waals surface area contributed by atoms with Crippen molar-refractivity contribution in [2.75, 3.05) is 5.32 Å². The quantitative estimate of drug-likeness (QED) is 0.715. The SMILES string of the molecule is Clc1ccc(Nc2cn[nH]n2)cn1. The molecule has 0 aliphatic heterocycles. The average molecular weight is 196 g/mol. The molecule has 5 nitrogen and oxygen atoms in total. The van der Waals surface area contributed by atoms with Gasteiger partial charge < -0.3 is 5.32 Å². The second-order valence-electron chi connectivity index (χ2n) is 2.35. The molecule has 0 fully saturated rings. The Labute approximate surface area is 79.1 Å². The van der Waals surface area contributed by atoms with Crippen molar-refractivity contribution in [3.63, 3.8) is 0 Å². The molecule has 0 saturated heterocycles. The van der Waals surface area contributed by atoms with Gasteiger partial charge in [-0.25, -0.2) is 4.98 Å². The summed E-state index contributed by atoms with van der Waals surface area (Å²) in [7, 11) is 0. The molecule has 0 saturated carbocycles. The maximum Gasteiger partial charge on any atom is 0.172 e. The molecule has 2 aromatic heterocycles. The van der Waals surface area contributed by atoms with Crippen LogP contribution in [0.5, 0.6) is 0 Å². The van der Waals surface area contributed by atoms with E-state index in [4.69, 9.17) is 11.6 Å². The fraction of sp³-hybridized carbons (Fsp3) is 0. The molecular formula is C7H6ClN5. The summed E-state index contributed by atoms with van der Waals surface area (Å²) >= 11 is 5.62. The van der Waals surface area contributed by atoms with Gasteiger partial charge in [-0.05, 0) is 12.1 Å². The molecule has 2 rings (SSSR count). The zero-order valence-electron chi connectivity index (χ0n) is 6.53. The summed E-state index contributed by atoms with van der Waals surface area (Å²) < 4.78 is 0. The Hall–Kier alpha value is -1.62. The summed E-state index contributed by atoms with van der Waals surface area (Å²) in [5, 5.41) is 13.4. The van der Waals surface area contributed by atoms with Gasteiger partial charge in [0.15, 0.2) is 5.82 Å². The highest BCUT2D eigenvalue weighted by molar-refractivity contribution is 6.29. The lowest BCUT2D eigenvalue weighted by atomic mass is 10.4. The van der Waals surface area contributed by atoms with Gasteiger partial charge in [-0.15, -0.1) is 5.10 Å². The number of nitrogens with one attached hydrogen (secondary N) is 2. The summed E-state index contributed by atoms with van der Waals surface area (Å²) in [5.74, 6) is 0.643. The lowest BCUT2D eigenvalue weighted by Gasteiger charge is -1.99. The van der Waals surface area contributed by atoms with Crippen LogP contribution < -0.4 is 5.32 Å². The van der Waals surface area contributed by atoms with Gasteiger partial charge in [0.25, 0.3) is 0 Å². The predicted molar refractivity (Wildman–Crippen MR) is 48.9 cm³/mol. The maximum absolute atomic E-state index is 5.62. The Balaban J connectivity index is 2.15. The first-order chi connectivity index (χ1) is 6.34. The fourth-order valence-electron chi connectivity index (χ4n) is 0.859. The van der Waals surface area contributed by atoms with Crippen LogP contribution in [0.15, 0.2) is 24.5 Å². The number of rotatable bonds is 2. The smallest absolute Gasteiger partial charge is 0.172 e. The zero-order chi connectivity index (χ0) is 9.10. The molecular weight excluding hydrogens is 190 g/mol. The van der Waals surface area contributed by atoms with E-state index in [9.17, 15) is 0 Å². The molecule has 0 aliphatic rings. The monoisotopic (exact) mass is 195 g/mol. The fourth-order valence-corrected chi connectivity index (χ4v) is 0.971. The third-order valence-electron chi connectivity index (χ3n) is 1.41. The van der Waals surface area contributed by atoms with E-state index in [0.717, 1.165) is 5.69 Å². The molecule has 0 radical (unpaired) electrons. The standard InChI is InChI=1S/C7H6ClN5/c8-6-2-1-5(3-9-6)11-7-4-10-13-12-7/h1-4H,(H2,10,11,12,13).